The quantitative estimate of drug-likeness (QED) is 0.549. The van der Waals surface area contributed by atoms with Crippen LogP contribution in [-0.2, 0) is 9.53 Å². The first-order valence-corrected chi connectivity index (χ1v) is 9.03. The highest BCUT2D eigenvalue weighted by atomic mass is 79.9. The van der Waals surface area contributed by atoms with E-state index in [0.717, 1.165) is 34.3 Å². The topological polar surface area (TPSA) is 59.6 Å². The van der Waals surface area contributed by atoms with E-state index >= 15 is 0 Å². The second kappa shape index (κ2) is 8.48. The summed E-state index contributed by atoms with van der Waals surface area (Å²) in [5, 5.41) is 6.78. The molecule has 0 fully saturated rings. The van der Waals surface area contributed by atoms with Crippen LogP contribution in [-0.4, -0.2) is 24.8 Å². The fraction of sp³-hybridized carbons (Fsp3) is 0.412. The molecular weight excluding hydrogens is 392 g/mol. The molecule has 1 unspecified atom stereocenters. The zero-order chi connectivity index (χ0) is 17.7. The van der Waals surface area contributed by atoms with Crippen LogP contribution < -0.4 is 15.4 Å². The molecule has 2 rings (SSSR count). The molecule has 0 saturated heterocycles. The predicted molar refractivity (Wildman–Crippen MR) is 101 cm³/mol. The first-order valence-electron chi connectivity index (χ1n) is 7.82. The molecule has 0 spiro atoms. The van der Waals surface area contributed by atoms with Gasteiger partial charge in [-0.2, -0.15) is 0 Å². The van der Waals surface area contributed by atoms with Crippen LogP contribution in [0.5, 0.6) is 5.75 Å². The average molecular weight is 413 g/mol. The summed E-state index contributed by atoms with van der Waals surface area (Å²) in [6.07, 6.45) is 1.62. The van der Waals surface area contributed by atoms with E-state index in [2.05, 4.69) is 33.5 Å². The summed E-state index contributed by atoms with van der Waals surface area (Å²) in [5.41, 5.74) is 2.30. The van der Waals surface area contributed by atoms with E-state index in [4.69, 9.17) is 21.7 Å². The first-order chi connectivity index (χ1) is 11.5. The van der Waals surface area contributed by atoms with Gasteiger partial charge in [0.2, 0.25) is 0 Å². The van der Waals surface area contributed by atoms with Gasteiger partial charge in [0.15, 0.2) is 5.11 Å². The van der Waals surface area contributed by atoms with Crippen molar-refractivity contribution in [2.45, 2.75) is 32.7 Å². The van der Waals surface area contributed by atoms with Crippen LogP contribution in [0.1, 0.15) is 38.3 Å². The lowest BCUT2D eigenvalue weighted by Crippen LogP contribution is -2.45. The number of hydrogen-bond donors (Lipinski definition) is 2. The summed E-state index contributed by atoms with van der Waals surface area (Å²) in [7, 11) is 1.61. The van der Waals surface area contributed by atoms with Gasteiger partial charge >= 0.3 is 5.97 Å². The molecule has 1 aliphatic rings. The van der Waals surface area contributed by atoms with Gasteiger partial charge in [-0.15, -0.1) is 0 Å². The third-order valence-electron chi connectivity index (χ3n) is 3.66. The minimum atomic E-state index is -0.360. The Hall–Kier alpha value is -1.60. The fourth-order valence-electron chi connectivity index (χ4n) is 2.63. The van der Waals surface area contributed by atoms with Crippen LogP contribution >= 0.6 is 28.1 Å². The summed E-state index contributed by atoms with van der Waals surface area (Å²) >= 11 is 8.80. The molecule has 1 aliphatic heterocycles. The van der Waals surface area contributed by atoms with Crippen molar-refractivity contribution in [3.63, 3.8) is 0 Å². The second-order valence-electron chi connectivity index (χ2n) is 5.29. The van der Waals surface area contributed by atoms with Crippen molar-refractivity contribution in [2.75, 3.05) is 13.7 Å². The molecule has 1 heterocycles. The molecule has 0 radical (unpaired) electrons. The molecule has 2 N–H and O–H groups in total. The Morgan fingerprint density at radius 1 is 1.38 bits per heavy atom. The lowest BCUT2D eigenvalue weighted by molar-refractivity contribution is -0.139. The molecule has 1 aromatic carbocycles. The molecule has 0 bridgehead atoms. The van der Waals surface area contributed by atoms with Gasteiger partial charge < -0.3 is 20.1 Å². The molecule has 130 valence electrons. The van der Waals surface area contributed by atoms with Gasteiger partial charge in [-0.25, -0.2) is 4.79 Å². The van der Waals surface area contributed by atoms with Crippen molar-refractivity contribution < 1.29 is 14.3 Å². The van der Waals surface area contributed by atoms with E-state index < -0.39 is 0 Å². The summed E-state index contributed by atoms with van der Waals surface area (Å²) in [5.74, 6) is 0.395. The van der Waals surface area contributed by atoms with Crippen molar-refractivity contribution in [3.8, 4) is 5.75 Å². The lowest BCUT2D eigenvalue weighted by atomic mass is 9.94. The van der Waals surface area contributed by atoms with Crippen molar-refractivity contribution in [3.05, 3.63) is 39.5 Å². The zero-order valence-corrected chi connectivity index (χ0v) is 16.3. The summed E-state index contributed by atoms with van der Waals surface area (Å²) in [6.45, 7) is 4.18. The molecule has 1 atom stereocenters. The lowest BCUT2D eigenvalue weighted by Gasteiger charge is -2.31. The molecule has 1 aromatic rings. The Morgan fingerprint density at radius 3 is 2.71 bits per heavy atom. The fourth-order valence-corrected chi connectivity index (χ4v) is 3.43. The first kappa shape index (κ1) is 18.7. The molecular formula is C17H21BrN2O3S. The Bertz CT molecular complexity index is 676. The molecule has 0 aliphatic carbocycles. The maximum absolute atomic E-state index is 12.5. The monoisotopic (exact) mass is 412 g/mol. The van der Waals surface area contributed by atoms with Gasteiger partial charge in [0, 0.05) is 5.70 Å². The molecule has 0 saturated carbocycles. The highest BCUT2D eigenvalue weighted by Crippen LogP contribution is 2.33. The number of esters is 1. The summed E-state index contributed by atoms with van der Waals surface area (Å²) < 4.78 is 11.3. The number of rotatable bonds is 6. The number of benzene rings is 1. The standard InChI is InChI=1S/C17H21BrN2O3S/c1-4-6-12-14(16(21)23-5-2)15(20-17(24)19-12)10-7-8-13(22-3)11(18)9-10/h7-9,15H,4-6H2,1-3H3,(H2,19,20,24). The Balaban J connectivity index is 2.50. The van der Waals surface area contributed by atoms with Crippen LogP contribution in [0.4, 0.5) is 0 Å². The molecule has 0 amide bonds. The van der Waals surface area contributed by atoms with Crippen LogP contribution in [0.3, 0.4) is 0 Å². The van der Waals surface area contributed by atoms with Gasteiger partial charge in [-0.3, -0.25) is 0 Å². The Morgan fingerprint density at radius 2 is 2.12 bits per heavy atom. The third kappa shape index (κ3) is 4.08. The van der Waals surface area contributed by atoms with Gasteiger partial charge in [0.05, 0.1) is 29.8 Å². The number of halogens is 1. The molecule has 24 heavy (non-hydrogen) atoms. The number of methoxy groups -OCH3 is 1. The largest absolute Gasteiger partial charge is 0.496 e. The number of thiocarbonyl (C=S) groups is 1. The number of hydrogen-bond acceptors (Lipinski definition) is 4. The Labute approximate surface area is 155 Å². The van der Waals surface area contributed by atoms with Crippen molar-refractivity contribution >= 4 is 39.2 Å². The van der Waals surface area contributed by atoms with Crippen molar-refractivity contribution in [2.24, 2.45) is 0 Å². The summed E-state index contributed by atoms with van der Waals surface area (Å²) in [6, 6.07) is 5.33. The zero-order valence-electron chi connectivity index (χ0n) is 13.9. The second-order valence-corrected chi connectivity index (χ2v) is 6.55. The number of allylic oxidation sites excluding steroid dienone is 1. The van der Waals surface area contributed by atoms with Gasteiger partial charge in [-0.05, 0) is 59.2 Å². The van der Waals surface area contributed by atoms with Crippen LogP contribution in [0.25, 0.3) is 0 Å². The molecule has 7 heteroatoms. The van der Waals surface area contributed by atoms with Crippen molar-refractivity contribution in [1.29, 1.82) is 0 Å². The normalized spacial score (nSPS) is 17.2. The Kier molecular flexibility index (Phi) is 6.62. The van der Waals surface area contributed by atoms with E-state index in [-0.39, 0.29) is 12.0 Å². The van der Waals surface area contributed by atoms with Crippen LogP contribution in [0.2, 0.25) is 0 Å². The van der Waals surface area contributed by atoms with E-state index in [0.29, 0.717) is 17.3 Å². The highest BCUT2D eigenvalue weighted by molar-refractivity contribution is 9.10. The predicted octanol–water partition coefficient (Wildman–Crippen LogP) is 3.59. The molecule has 0 aromatic heterocycles. The van der Waals surface area contributed by atoms with Crippen LogP contribution in [0.15, 0.2) is 33.9 Å². The number of ether oxygens (including phenoxy) is 2. The maximum Gasteiger partial charge on any atom is 0.338 e. The van der Waals surface area contributed by atoms with E-state index in [1.165, 1.54) is 0 Å². The van der Waals surface area contributed by atoms with Gasteiger partial charge in [0.25, 0.3) is 0 Å². The summed E-state index contributed by atoms with van der Waals surface area (Å²) in [4.78, 5) is 12.5. The van der Waals surface area contributed by atoms with Crippen LogP contribution in [0, 0.1) is 0 Å². The maximum atomic E-state index is 12.5. The van der Waals surface area contributed by atoms with Gasteiger partial charge in [0.1, 0.15) is 5.75 Å². The average Bonchev–Trinajstić information content (AvgIpc) is 2.54. The minimum Gasteiger partial charge on any atom is -0.496 e. The van der Waals surface area contributed by atoms with Gasteiger partial charge in [-0.1, -0.05) is 19.4 Å². The minimum absolute atomic E-state index is 0.325. The highest BCUT2D eigenvalue weighted by Gasteiger charge is 2.32. The number of carbonyl (C=O) groups is 1. The number of nitrogens with one attached hydrogen (secondary N) is 2. The van der Waals surface area contributed by atoms with E-state index in [1.54, 1.807) is 14.0 Å². The van der Waals surface area contributed by atoms with E-state index in [1.807, 2.05) is 18.2 Å². The molecule has 5 nitrogen and oxygen atoms in total. The van der Waals surface area contributed by atoms with Crippen molar-refractivity contribution in [1.82, 2.24) is 10.6 Å². The van der Waals surface area contributed by atoms with E-state index in [9.17, 15) is 4.79 Å². The smallest absolute Gasteiger partial charge is 0.338 e. The number of carbonyl (C=O) groups excluding carboxylic acids is 1. The SMILES string of the molecule is CCCC1=C(C(=O)OCC)C(c2ccc(OC)c(Br)c2)NC(=S)N1. The third-order valence-corrected chi connectivity index (χ3v) is 4.50.